The molecule has 0 spiro atoms. The van der Waals surface area contributed by atoms with Gasteiger partial charge < -0.3 is 15.4 Å². The van der Waals surface area contributed by atoms with E-state index in [1.165, 1.54) is 0 Å². The number of benzene rings is 1. The highest BCUT2D eigenvalue weighted by molar-refractivity contribution is 5.98. The van der Waals surface area contributed by atoms with E-state index in [9.17, 15) is 9.59 Å². The summed E-state index contributed by atoms with van der Waals surface area (Å²) < 4.78 is 5.62. The van der Waals surface area contributed by atoms with Gasteiger partial charge in [-0.25, -0.2) is 0 Å². The van der Waals surface area contributed by atoms with Gasteiger partial charge in [-0.2, -0.15) is 0 Å². The monoisotopic (exact) mass is 331 g/mol. The maximum Gasteiger partial charge on any atom is 0.260 e. The van der Waals surface area contributed by atoms with E-state index in [4.69, 9.17) is 10.5 Å². The van der Waals surface area contributed by atoms with Crippen molar-refractivity contribution in [1.29, 1.82) is 0 Å². The Morgan fingerprint density at radius 2 is 2.04 bits per heavy atom. The Balaban J connectivity index is 1.78. The smallest absolute Gasteiger partial charge is 0.260 e. The van der Waals surface area contributed by atoms with Gasteiger partial charge in [-0.3, -0.25) is 14.5 Å². The fraction of sp³-hybridized carbons (Fsp3) is 0.556. The fourth-order valence-electron chi connectivity index (χ4n) is 3.13. The highest BCUT2D eigenvalue weighted by Crippen LogP contribution is 2.34. The third-order valence-corrected chi connectivity index (χ3v) is 4.39. The van der Waals surface area contributed by atoms with Crippen LogP contribution in [0, 0.1) is 5.92 Å². The highest BCUT2D eigenvalue weighted by Gasteiger charge is 2.36. The van der Waals surface area contributed by atoms with Crippen molar-refractivity contribution in [2.24, 2.45) is 11.7 Å². The summed E-state index contributed by atoms with van der Waals surface area (Å²) in [6.07, 6.45) is 1.51. The number of nitrogens with two attached hydrogens (primary N) is 1. The number of carbonyl (C=O) groups excluding carboxylic acids is 2. The Labute approximate surface area is 142 Å². The molecule has 0 radical (unpaired) electrons. The Morgan fingerprint density at radius 1 is 1.33 bits per heavy atom. The molecule has 1 atom stereocenters. The molecule has 6 heteroatoms. The van der Waals surface area contributed by atoms with Gasteiger partial charge in [-0.15, -0.1) is 0 Å². The molecule has 6 nitrogen and oxygen atoms in total. The summed E-state index contributed by atoms with van der Waals surface area (Å²) in [6.45, 7) is 5.76. The lowest BCUT2D eigenvalue weighted by Crippen LogP contribution is -2.52. The third-order valence-electron chi connectivity index (χ3n) is 4.39. The minimum absolute atomic E-state index is 0.00968. The summed E-state index contributed by atoms with van der Waals surface area (Å²) in [7, 11) is 0. The van der Waals surface area contributed by atoms with Gasteiger partial charge in [0.15, 0.2) is 6.10 Å². The Bertz CT molecular complexity index is 628. The first kappa shape index (κ1) is 16.8. The normalized spacial score (nSPS) is 20.0. The van der Waals surface area contributed by atoms with Gasteiger partial charge in [0.05, 0.1) is 18.8 Å². The molecule has 0 bridgehead atoms. The van der Waals surface area contributed by atoms with Crippen LogP contribution >= 0.6 is 0 Å². The molecule has 130 valence electrons. The van der Waals surface area contributed by atoms with Crippen LogP contribution in [0.2, 0.25) is 0 Å². The summed E-state index contributed by atoms with van der Waals surface area (Å²) in [4.78, 5) is 28.4. The molecule has 1 aromatic carbocycles. The number of ether oxygens (including phenoxy) is 1. The number of carbonyl (C=O) groups is 2. The predicted octanol–water partition coefficient (Wildman–Crippen LogP) is 1.39. The van der Waals surface area contributed by atoms with Crippen molar-refractivity contribution in [3.63, 3.8) is 0 Å². The van der Waals surface area contributed by atoms with E-state index in [1.807, 2.05) is 18.2 Å². The molecule has 0 saturated heterocycles. The molecule has 1 unspecified atom stereocenters. The Hall–Kier alpha value is -2.08. The zero-order valence-electron chi connectivity index (χ0n) is 14.3. The lowest BCUT2D eigenvalue weighted by atomic mass is 10.1. The number of anilines is 1. The average molecular weight is 331 g/mol. The van der Waals surface area contributed by atoms with E-state index < -0.39 is 12.0 Å². The zero-order valence-corrected chi connectivity index (χ0v) is 14.3. The molecule has 2 amide bonds. The van der Waals surface area contributed by atoms with Crippen molar-refractivity contribution < 1.29 is 14.3 Å². The highest BCUT2D eigenvalue weighted by atomic mass is 16.5. The minimum Gasteiger partial charge on any atom is -0.477 e. The maximum absolute atomic E-state index is 12.9. The van der Waals surface area contributed by atoms with Gasteiger partial charge >= 0.3 is 0 Å². The van der Waals surface area contributed by atoms with E-state index in [0.29, 0.717) is 29.9 Å². The molecule has 2 N–H and O–H groups in total. The maximum atomic E-state index is 12.9. The molecule has 3 rings (SSSR count). The second-order valence-electron chi connectivity index (χ2n) is 7.04. The average Bonchev–Trinajstić information content (AvgIpc) is 3.37. The van der Waals surface area contributed by atoms with Crippen LogP contribution in [0.3, 0.4) is 0 Å². The van der Waals surface area contributed by atoms with E-state index >= 15 is 0 Å². The molecule has 1 aliphatic carbocycles. The molecule has 1 aromatic rings. The van der Waals surface area contributed by atoms with E-state index in [1.54, 1.807) is 11.0 Å². The number of amides is 2. The molecule has 1 fully saturated rings. The minimum atomic E-state index is -0.802. The summed E-state index contributed by atoms with van der Waals surface area (Å²) in [5.41, 5.74) is 6.11. The van der Waals surface area contributed by atoms with Crippen LogP contribution in [0.15, 0.2) is 24.3 Å². The lowest BCUT2D eigenvalue weighted by molar-refractivity contribution is -0.125. The van der Waals surface area contributed by atoms with Crippen molar-refractivity contribution in [2.75, 3.05) is 24.5 Å². The van der Waals surface area contributed by atoms with Crippen LogP contribution in [0.1, 0.15) is 26.7 Å². The molecular weight excluding hydrogens is 306 g/mol. The van der Waals surface area contributed by atoms with Gasteiger partial charge in [0.25, 0.3) is 5.91 Å². The van der Waals surface area contributed by atoms with Crippen LogP contribution in [-0.4, -0.2) is 48.5 Å². The molecule has 0 aromatic heterocycles. The van der Waals surface area contributed by atoms with Crippen LogP contribution < -0.4 is 15.4 Å². The van der Waals surface area contributed by atoms with E-state index in [-0.39, 0.29) is 12.5 Å². The van der Waals surface area contributed by atoms with Crippen molar-refractivity contribution >= 4 is 17.5 Å². The van der Waals surface area contributed by atoms with Gasteiger partial charge in [0, 0.05) is 12.6 Å². The molecule has 24 heavy (non-hydrogen) atoms. The van der Waals surface area contributed by atoms with Crippen LogP contribution in [0.25, 0.3) is 0 Å². The summed E-state index contributed by atoms with van der Waals surface area (Å²) in [6, 6.07) is 7.80. The molecule has 1 heterocycles. The van der Waals surface area contributed by atoms with Crippen molar-refractivity contribution in [3.05, 3.63) is 24.3 Å². The predicted molar refractivity (Wildman–Crippen MR) is 91.8 cm³/mol. The number of hydrogen-bond donors (Lipinski definition) is 1. The van der Waals surface area contributed by atoms with Crippen molar-refractivity contribution in [2.45, 2.75) is 38.8 Å². The van der Waals surface area contributed by atoms with E-state index in [2.05, 4.69) is 18.7 Å². The third kappa shape index (κ3) is 3.70. The van der Waals surface area contributed by atoms with Crippen LogP contribution in [0.4, 0.5) is 5.69 Å². The van der Waals surface area contributed by atoms with Crippen molar-refractivity contribution in [3.8, 4) is 5.75 Å². The first-order valence-corrected chi connectivity index (χ1v) is 8.55. The van der Waals surface area contributed by atoms with E-state index in [0.717, 1.165) is 19.4 Å². The number of para-hydroxylation sites is 2. The topological polar surface area (TPSA) is 75.9 Å². The van der Waals surface area contributed by atoms with Crippen molar-refractivity contribution in [1.82, 2.24) is 4.90 Å². The Morgan fingerprint density at radius 3 is 2.67 bits per heavy atom. The molecular formula is C18H25N3O3. The summed E-state index contributed by atoms with van der Waals surface area (Å²) in [5, 5.41) is 0. The molecule has 1 aliphatic heterocycles. The Kier molecular flexibility index (Phi) is 4.76. The first-order chi connectivity index (χ1) is 11.5. The first-order valence-electron chi connectivity index (χ1n) is 8.55. The zero-order chi connectivity index (χ0) is 17.3. The number of rotatable bonds is 6. The number of fused-ring (bicyclic) bond motifs is 1. The van der Waals surface area contributed by atoms with Gasteiger partial charge in [-0.1, -0.05) is 26.0 Å². The number of hydrogen-bond acceptors (Lipinski definition) is 4. The standard InChI is InChI=1S/C18H25N3O3/c1-12(2)9-20(13-7-8-13)11-17(22)21-10-16(18(19)23)24-15-6-4-3-5-14(15)21/h3-6,12-13,16H,7-11H2,1-2H3,(H2,19,23). The van der Waals surface area contributed by atoms with Gasteiger partial charge in [0.2, 0.25) is 5.91 Å². The fourth-order valence-corrected chi connectivity index (χ4v) is 3.13. The molecule has 2 aliphatic rings. The summed E-state index contributed by atoms with van der Waals surface area (Å²) >= 11 is 0. The van der Waals surface area contributed by atoms with Gasteiger partial charge in [0.1, 0.15) is 5.75 Å². The van der Waals surface area contributed by atoms with Crippen LogP contribution in [-0.2, 0) is 9.59 Å². The summed E-state index contributed by atoms with van der Waals surface area (Å²) in [5.74, 6) is 0.476. The largest absolute Gasteiger partial charge is 0.477 e. The van der Waals surface area contributed by atoms with Crippen LogP contribution in [0.5, 0.6) is 5.75 Å². The number of primary amides is 1. The second-order valence-corrected chi connectivity index (χ2v) is 7.04. The SMILES string of the molecule is CC(C)CN(CC(=O)N1CC(C(N)=O)Oc2ccccc21)C1CC1. The van der Waals surface area contributed by atoms with Gasteiger partial charge in [-0.05, 0) is 30.9 Å². The molecule has 1 saturated carbocycles. The number of nitrogens with zero attached hydrogens (tertiary/aromatic N) is 2. The lowest BCUT2D eigenvalue weighted by Gasteiger charge is -2.35. The second kappa shape index (κ2) is 6.81. The quantitative estimate of drug-likeness (QED) is 0.854.